The van der Waals surface area contributed by atoms with Crippen LogP contribution in [0.15, 0.2) is 17.1 Å². The number of rotatable bonds is 2. The van der Waals surface area contributed by atoms with Crippen LogP contribution in [0.4, 0.5) is 5.69 Å². The van der Waals surface area contributed by atoms with E-state index in [1.165, 1.54) is 14.2 Å². The van der Waals surface area contributed by atoms with E-state index in [2.05, 4.69) is 4.74 Å². The van der Waals surface area contributed by atoms with Crippen molar-refractivity contribution in [1.29, 1.82) is 0 Å². The third-order valence-corrected chi connectivity index (χ3v) is 1.59. The van der Waals surface area contributed by atoms with E-state index in [1.807, 2.05) is 0 Å². The van der Waals surface area contributed by atoms with Gasteiger partial charge in [-0.3, -0.25) is 14.9 Å². The van der Waals surface area contributed by atoms with E-state index in [0.717, 1.165) is 16.8 Å². The van der Waals surface area contributed by atoms with Gasteiger partial charge < -0.3 is 9.30 Å². The van der Waals surface area contributed by atoms with E-state index in [4.69, 9.17) is 0 Å². The molecule has 0 radical (unpaired) electrons. The molecule has 1 rings (SSSR count). The van der Waals surface area contributed by atoms with Gasteiger partial charge in [-0.25, -0.2) is 0 Å². The molecule has 6 heteroatoms. The first-order valence-corrected chi connectivity index (χ1v) is 3.45. The third kappa shape index (κ3) is 1.66. The average molecular weight is 184 g/mol. The highest BCUT2D eigenvalue weighted by Crippen LogP contribution is 2.22. The molecule has 0 aromatic carbocycles. The van der Waals surface area contributed by atoms with E-state index < -0.39 is 4.92 Å². The summed E-state index contributed by atoms with van der Waals surface area (Å²) in [6.07, 6.45) is 1.13. The zero-order chi connectivity index (χ0) is 10.0. The van der Waals surface area contributed by atoms with Gasteiger partial charge in [-0.1, -0.05) is 0 Å². The van der Waals surface area contributed by atoms with E-state index in [1.54, 1.807) is 0 Å². The van der Waals surface area contributed by atoms with Crippen LogP contribution < -0.4 is 10.3 Å². The lowest BCUT2D eigenvalue weighted by molar-refractivity contribution is -0.386. The molecule has 1 heterocycles. The first-order valence-electron chi connectivity index (χ1n) is 3.45. The molecule has 1 aromatic rings. The molecular weight excluding hydrogens is 176 g/mol. The fraction of sp³-hybridized carbons (Fsp3) is 0.286. The Morgan fingerprint density at radius 3 is 2.69 bits per heavy atom. The number of hydrogen-bond acceptors (Lipinski definition) is 4. The van der Waals surface area contributed by atoms with E-state index in [-0.39, 0.29) is 17.0 Å². The fourth-order valence-electron chi connectivity index (χ4n) is 0.899. The van der Waals surface area contributed by atoms with Crippen molar-refractivity contribution in [2.24, 2.45) is 7.05 Å². The van der Waals surface area contributed by atoms with Gasteiger partial charge in [0.25, 0.3) is 5.56 Å². The predicted octanol–water partition coefficient (Wildman–Crippen LogP) is 0.302. The Kier molecular flexibility index (Phi) is 2.32. The van der Waals surface area contributed by atoms with Gasteiger partial charge in [0.2, 0.25) is 5.75 Å². The first kappa shape index (κ1) is 9.24. The van der Waals surface area contributed by atoms with Gasteiger partial charge in [-0.15, -0.1) is 0 Å². The summed E-state index contributed by atoms with van der Waals surface area (Å²) in [6, 6.07) is 1.08. The summed E-state index contributed by atoms with van der Waals surface area (Å²) in [4.78, 5) is 20.9. The van der Waals surface area contributed by atoms with Crippen molar-refractivity contribution < 1.29 is 9.66 Å². The molecule has 0 amide bonds. The van der Waals surface area contributed by atoms with Crippen LogP contribution in [0.2, 0.25) is 0 Å². The second-order valence-electron chi connectivity index (χ2n) is 2.43. The third-order valence-electron chi connectivity index (χ3n) is 1.59. The number of nitrogens with zero attached hydrogens (tertiary/aromatic N) is 2. The van der Waals surface area contributed by atoms with Crippen LogP contribution >= 0.6 is 0 Å². The molecule has 0 aliphatic rings. The molecule has 0 saturated carbocycles. The van der Waals surface area contributed by atoms with Crippen molar-refractivity contribution >= 4 is 5.69 Å². The van der Waals surface area contributed by atoms with Crippen molar-refractivity contribution in [3.05, 3.63) is 32.7 Å². The summed E-state index contributed by atoms with van der Waals surface area (Å²) in [5.74, 6) is -0.0203. The maximum absolute atomic E-state index is 11.0. The molecule has 70 valence electrons. The van der Waals surface area contributed by atoms with Crippen LogP contribution in [-0.2, 0) is 7.05 Å². The number of nitro groups is 1. The number of ether oxygens (including phenoxy) is 1. The van der Waals surface area contributed by atoms with Gasteiger partial charge in [0.15, 0.2) is 0 Å². The molecule has 0 aliphatic carbocycles. The lowest BCUT2D eigenvalue weighted by Crippen LogP contribution is -2.15. The summed E-state index contributed by atoms with van der Waals surface area (Å²) in [6.45, 7) is 0. The Bertz CT molecular complexity index is 396. The van der Waals surface area contributed by atoms with Crippen LogP contribution in [0, 0.1) is 10.1 Å². The lowest BCUT2D eigenvalue weighted by Gasteiger charge is -2.02. The second kappa shape index (κ2) is 3.26. The predicted molar refractivity (Wildman–Crippen MR) is 44.9 cm³/mol. The van der Waals surface area contributed by atoms with Crippen LogP contribution in [0.1, 0.15) is 0 Å². The minimum absolute atomic E-state index is 0.0203. The van der Waals surface area contributed by atoms with E-state index in [0.29, 0.717) is 0 Å². The molecule has 0 fully saturated rings. The molecule has 0 N–H and O–H groups in total. The minimum Gasteiger partial charge on any atom is -0.490 e. The van der Waals surface area contributed by atoms with E-state index in [9.17, 15) is 14.9 Å². The quantitative estimate of drug-likeness (QED) is 0.489. The molecule has 0 atom stereocenters. The number of aromatic nitrogens is 1. The van der Waals surface area contributed by atoms with E-state index >= 15 is 0 Å². The maximum Gasteiger partial charge on any atom is 0.327 e. The zero-order valence-electron chi connectivity index (χ0n) is 7.18. The molecule has 13 heavy (non-hydrogen) atoms. The SMILES string of the molecule is COc1cc(=O)n(C)cc1[N+](=O)[O-]. The van der Waals surface area contributed by atoms with Crippen molar-refractivity contribution in [3.63, 3.8) is 0 Å². The molecular formula is C7H8N2O4. The Morgan fingerprint density at radius 1 is 1.62 bits per heavy atom. The number of pyridine rings is 1. The van der Waals surface area contributed by atoms with Crippen molar-refractivity contribution in [3.8, 4) is 5.75 Å². The van der Waals surface area contributed by atoms with Crippen LogP contribution in [0.5, 0.6) is 5.75 Å². The van der Waals surface area contributed by atoms with Gasteiger partial charge in [0, 0.05) is 7.05 Å². The topological polar surface area (TPSA) is 74.4 Å². The van der Waals surface area contributed by atoms with Gasteiger partial charge in [0.05, 0.1) is 24.3 Å². The Balaban J connectivity index is 3.42. The van der Waals surface area contributed by atoms with Crippen molar-refractivity contribution in [2.75, 3.05) is 7.11 Å². The van der Waals surface area contributed by atoms with Gasteiger partial charge >= 0.3 is 5.69 Å². The van der Waals surface area contributed by atoms with Gasteiger partial charge in [0.1, 0.15) is 0 Å². The fourth-order valence-corrected chi connectivity index (χ4v) is 0.899. The molecule has 0 aliphatic heterocycles. The molecule has 0 unspecified atom stereocenters. The summed E-state index contributed by atoms with van der Waals surface area (Å²) in [7, 11) is 2.72. The highest BCUT2D eigenvalue weighted by atomic mass is 16.6. The van der Waals surface area contributed by atoms with Crippen molar-refractivity contribution in [2.45, 2.75) is 0 Å². The normalized spacial score (nSPS) is 9.69. The van der Waals surface area contributed by atoms with Gasteiger partial charge in [-0.2, -0.15) is 0 Å². The Hall–Kier alpha value is -1.85. The molecule has 6 nitrogen and oxygen atoms in total. The largest absolute Gasteiger partial charge is 0.490 e. The van der Waals surface area contributed by atoms with Crippen LogP contribution in [-0.4, -0.2) is 16.6 Å². The highest BCUT2D eigenvalue weighted by molar-refractivity contribution is 5.43. The zero-order valence-corrected chi connectivity index (χ0v) is 7.18. The molecule has 0 saturated heterocycles. The standard InChI is InChI=1S/C7H8N2O4/c1-8-4-5(9(11)12)6(13-2)3-7(8)10/h3-4H,1-2H3. The van der Waals surface area contributed by atoms with Crippen molar-refractivity contribution in [1.82, 2.24) is 4.57 Å². The number of aryl methyl sites for hydroxylation is 1. The molecule has 1 aromatic heterocycles. The second-order valence-corrected chi connectivity index (χ2v) is 2.43. The Labute approximate surface area is 73.5 Å². The molecule has 0 bridgehead atoms. The smallest absolute Gasteiger partial charge is 0.327 e. The monoisotopic (exact) mass is 184 g/mol. The number of hydrogen-bond donors (Lipinski definition) is 0. The maximum atomic E-state index is 11.0. The average Bonchev–Trinajstić information content (AvgIpc) is 2.08. The van der Waals surface area contributed by atoms with Crippen LogP contribution in [0.25, 0.3) is 0 Å². The van der Waals surface area contributed by atoms with Gasteiger partial charge in [-0.05, 0) is 0 Å². The highest BCUT2D eigenvalue weighted by Gasteiger charge is 2.15. The summed E-state index contributed by atoms with van der Waals surface area (Å²) >= 11 is 0. The van der Waals surface area contributed by atoms with Crippen LogP contribution in [0.3, 0.4) is 0 Å². The molecule has 0 spiro atoms. The summed E-state index contributed by atoms with van der Waals surface area (Å²) < 4.78 is 5.81. The summed E-state index contributed by atoms with van der Waals surface area (Å²) in [5.41, 5.74) is -0.563. The first-order chi connectivity index (χ1) is 6.06. The number of methoxy groups -OCH3 is 1. The summed E-state index contributed by atoms with van der Waals surface area (Å²) in [5, 5.41) is 10.5. The minimum atomic E-state index is -0.599. The lowest BCUT2D eigenvalue weighted by atomic mass is 10.4. The Morgan fingerprint density at radius 2 is 2.23 bits per heavy atom.